The Hall–Kier alpha value is -0.0800. The summed E-state index contributed by atoms with van der Waals surface area (Å²) in [6, 6.07) is 0. The third kappa shape index (κ3) is 2.60. The molecule has 0 heterocycles. The fourth-order valence-electron chi connectivity index (χ4n) is 0.0722. The van der Waals surface area contributed by atoms with Gasteiger partial charge in [-0.2, -0.15) is 0 Å². The summed E-state index contributed by atoms with van der Waals surface area (Å²) in [5, 5.41) is 13.0. The van der Waals surface area contributed by atoms with Crippen molar-refractivity contribution in [3.8, 4) is 0 Å². The topological polar surface area (TPSA) is 31.9 Å². The van der Waals surface area contributed by atoms with Gasteiger partial charge in [-0.05, 0) is 20.9 Å². The van der Waals surface area contributed by atoms with Crippen LogP contribution in [-0.2, 0) is 5.11 Å². The van der Waals surface area contributed by atoms with Crippen molar-refractivity contribution in [2.75, 3.05) is 13.7 Å². The molecule has 2 nitrogen and oxygen atoms in total. The predicted molar refractivity (Wildman–Crippen MR) is 28.7 cm³/mol. The van der Waals surface area contributed by atoms with Crippen LogP contribution < -0.4 is 5.32 Å². The second-order valence-electron chi connectivity index (χ2n) is 2.28. The van der Waals surface area contributed by atoms with Gasteiger partial charge in [0.1, 0.15) is 0 Å². The van der Waals surface area contributed by atoms with Crippen LogP contribution in [-0.4, -0.2) is 19.2 Å². The Morgan fingerprint density at radius 2 is 2.00 bits per heavy atom. The molecular formula is C5H12NO. The second kappa shape index (κ2) is 2.28. The van der Waals surface area contributed by atoms with E-state index in [1.165, 1.54) is 0 Å². The molecule has 0 amide bonds. The van der Waals surface area contributed by atoms with Crippen LogP contribution in [0, 0.1) is 0 Å². The molecule has 0 bridgehead atoms. The van der Waals surface area contributed by atoms with E-state index in [-0.39, 0.29) is 12.1 Å². The molecule has 7 heavy (non-hydrogen) atoms. The molecule has 0 fully saturated rings. The summed E-state index contributed by atoms with van der Waals surface area (Å²) in [5.41, 5.74) is -0.222. The normalized spacial score (nSPS) is 12.0. The van der Waals surface area contributed by atoms with Crippen LogP contribution in [0.4, 0.5) is 0 Å². The summed E-state index contributed by atoms with van der Waals surface area (Å²) >= 11 is 0. The highest BCUT2D eigenvalue weighted by Crippen LogP contribution is 1.96. The Balaban J connectivity index is 3.36. The first-order valence-corrected chi connectivity index (χ1v) is 2.39. The fourth-order valence-corrected chi connectivity index (χ4v) is 0.0722. The van der Waals surface area contributed by atoms with E-state index in [1.54, 1.807) is 7.05 Å². The molecule has 0 aliphatic rings. The van der Waals surface area contributed by atoms with Gasteiger partial charge in [-0.15, -0.1) is 0 Å². The average Bonchev–Trinajstić information content (AvgIpc) is 1.68. The van der Waals surface area contributed by atoms with E-state index in [9.17, 15) is 5.11 Å². The first-order chi connectivity index (χ1) is 3.12. The first-order valence-electron chi connectivity index (χ1n) is 2.39. The lowest BCUT2D eigenvalue weighted by Gasteiger charge is -2.18. The average molecular weight is 102 g/mol. The molecule has 0 aliphatic carbocycles. The summed E-state index contributed by atoms with van der Waals surface area (Å²) < 4.78 is 0. The molecular weight excluding hydrogens is 90.1 g/mol. The highest BCUT2D eigenvalue weighted by molar-refractivity contribution is 4.72. The first kappa shape index (κ1) is 6.92. The Morgan fingerprint density at radius 3 is 2.00 bits per heavy atom. The maximum absolute atomic E-state index is 10.1. The predicted octanol–water partition coefficient (Wildman–Crippen LogP) is 0.415. The van der Waals surface area contributed by atoms with Gasteiger partial charge in [0.15, 0.2) is 0 Å². The van der Waals surface area contributed by atoms with Crippen LogP contribution in [0.15, 0.2) is 0 Å². The van der Waals surface area contributed by atoms with Crippen molar-refractivity contribution < 1.29 is 5.11 Å². The standard InChI is InChI=1S/C5H12NO/c1-5(2,4-7)6-3/h6H,4H2,1-3H3. The van der Waals surface area contributed by atoms with E-state index in [4.69, 9.17) is 0 Å². The minimum Gasteiger partial charge on any atom is -0.313 e. The number of nitrogens with one attached hydrogen (secondary N) is 1. The van der Waals surface area contributed by atoms with Crippen LogP contribution in [0.3, 0.4) is 0 Å². The molecule has 2 heteroatoms. The molecule has 0 aromatic heterocycles. The summed E-state index contributed by atoms with van der Waals surface area (Å²) in [7, 11) is 1.79. The summed E-state index contributed by atoms with van der Waals surface area (Å²) in [4.78, 5) is 0. The third-order valence-electron chi connectivity index (χ3n) is 1.04. The summed E-state index contributed by atoms with van der Waals surface area (Å²) in [6.45, 7) is 3.68. The minimum absolute atomic E-state index is 0.0660. The van der Waals surface area contributed by atoms with Crippen molar-refractivity contribution >= 4 is 0 Å². The lowest BCUT2D eigenvalue weighted by molar-refractivity contribution is 0.123. The largest absolute Gasteiger partial charge is 0.313 e. The second-order valence-corrected chi connectivity index (χ2v) is 2.28. The SMILES string of the molecule is CNC(C)(C)C[O]. The Kier molecular flexibility index (Phi) is 2.26. The monoisotopic (exact) mass is 102 g/mol. The Bertz CT molecular complexity index is 46.0. The zero-order valence-corrected chi connectivity index (χ0v) is 5.12. The molecule has 0 rings (SSSR count). The van der Waals surface area contributed by atoms with E-state index >= 15 is 0 Å². The van der Waals surface area contributed by atoms with Gasteiger partial charge in [-0.1, -0.05) is 0 Å². The highest BCUT2D eigenvalue weighted by Gasteiger charge is 2.11. The quantitative estimate of drug-likeness (QED) is 0.538. The van der Waals surface area contributed by atoms with Gasteiger partial charge in [-0.25, -0.2) is 5.11 Å². The molecule has 0 spiro atoms. The van der Waals surface area contributed by atoms with Crippen LogP contribution in [0.1, 0.15) is 13.8 Å². The van der Waals surface area contributed by atoms with Gasteiger partial charge in [-0.3, -0.25) is 0 Å². The van der Waals surface area contributed by atoms with Crippen LogP contribution >= 0.6 is 0 Å². The zero-order valence-electron chi connectivity index (χ0n) is 5.12. The molecule has 1 radical (unpaired) electrons. The van der Waals surface area contributed by atoms with Gasteiger partial charge in [0, 0.05) is 5.54 Å². The molecule has 1 N–H and O–H groups in total. The summed E-state index contributed by atoms with van der Waals surface area (Å²) in [5.74, 6) is 0. The molecule has 0 saturated heterocycles. The zero-order chi connectivity index (χ0) is 5.91. The van der Waals surface area contributed by atoms with Gasteiger partial charge in [0.2, 0.25) is 0 Å². The van der Waals surface area contributed by atoms with Crippen molar-refractivity contribution in [1.29, 1.82) is 0 Å². The molecule has 0 aliphatic heterocycles. The van der Waals surface area contributed by atoms with Crippen molar-refractivity contribution in [2.24, 2.45) is 0 Å². The maximum atomic E-state index is 10.1. The van der Waals surface area contributed by atoms with Crippen LogP contribution in [0.5, 0.6) is 0 Å². The maximum Gasteiger partial charge on any atom is 0.0998 e. The lowest BCUT2D eigenvalue weighted by atomic mass is 10.1. The van der Waals surface area contributed by atoms with E-state index in [0.29, 0.717) is 0 Å². The summed E-state index contributed by atoms with van der Waals surface area (Å²) in [6.07, 6.45) is 0. The smallest absolute Gasteiger partial charge is 0.0998 e. The van der Waals surface area contributed by atoms with Crippen molar-refractivity contribution in [2.45, 2.75) is 19.4 Å². The fraction of sp³-hybridized carbons (Fsp3) is 1.00. The molecule has 43 valence electrons. The highest BCUT2D eigenvalue weighted by atomic mass is 16.3. The van der Waals surface area contributed by atoms with E-state index in [2.05, 4.69) is 5.32 Å². The van der Waals surface area contributed by atoms with E-state index in [0.717, 1.165) is 0 Å². The van der Waals surface area contributed by atoms with Crippen LogP contribution in [0.25, 0.3) is 0 Å². The van der Waals surface area contributed by atoms with Gasteiger partial charge < -0.3 is 5.32 Å². The van der Waals surface area contributed by atoms with Gasteiger partial charge in [0.25, 0.3) is 0 Å². The van der Waals surface area contributed by atoms with Crippen molar-refractivity contribution in [3.63, 3.8) is 0 Å². The Morgan fingerprint density at radius 1 is 1.57 bits per heavy atom. The Labute approximate surface area is 44.5 Å². The van der Waals surface area contributed by atoms with E-state index in [1.807, 2.05) is 13.8 Å². The molecule has 0 aromatic carbocycles. The number of hydrogen-bond acceptors (Lipinski definition) is 1. The van der Waals surface area contributed by atoms with Crippen molar-refractivity contribution in [1.82, 2.24) is 5.32 Å². The van der Waals surface area contributed by atoms with Crippen LogP contribution in [0.2, 0.25) is 0 Å². The number of likely N-dealkylation sites (N-methyl/N-ethyl adjacent to an activating group) is 1. The molecule has 0 saturated carbocycles. The third-order valence-corrected chi connectivity index (χ3v) is 1.04. The lowest BCUT2D eigenvalue weighted by Crippen LogP contribution is -2.39. The molecule has 0 atom stereocenters. The minimum atomic E-state index is -0.222. The van der Waals surface area contributed by atoms with Gasteiger partial charge >= 0.3 is 0 Å². The molecule has 0 aromatic rings. The van der Waals surface area contributed by atoms with E-state index < -0.39 is 0 Å². The number of hydrogen-bond donors (Lipinski definition) is 1. The van der Waals surface area contributed by atoms with Gasteiger partial charge in [0.05, 0.1) is 6.61 Å². The number of rotatable bonds is 2. The van der Waals surface area contributed by atoms with Crippen molar-refractivity contribution in [3.05, 3.63) is 0 Å². The molecule has 0 unspecified atom stereocenters.